The molecule has 0 aliphatic heterocycles. The van der Waals surface area contributed by atoms with Crippen molar-refractivity contribution in [2.75, 3.05) is 0 Å². The molecule has 1 rings (SSSR count). The van der Waals surface area contributed by atoms with Crippen molar-refractivity contribution in [2.24, 2.45) is 35.0 Å². The molecule has 0 heteroatoms. The van der Waals surface area contributed by atoms with E-state index in [4.69, 9.17) is 0 Å². The molecule has 1 aliphatic rings. The second-order valence-electron chi connectivity index (χ2n) is 6.53. The van der Waals surface area contributed by atoms with E-state index in [-0.39, 0.29) is 0 Å². The van der Waals surface area contributed by atoms with Crippen LogP contribution in [0.4, 0.5) is 0 Å². The van der Waals surface area contributed by atoms with Crippen LogP contribution in [0.2, 0.25) is 0 Å². The average Bonchev–Trinajstić information content (AvgIpc) is 2.56. The Balaban J connectivity index is 2.68. The van der Waals surface area contributed by atoms with Gasteiger partial charge in [-0.3, -0.25) is 0 Å². The maximum Gasteiger partial charge on any atom is -0.0298 e. The SMILES string of the molecule is CC(C)C1C(C(C)C)C1C(C)(C)C. The predicted molar refractivity (Wildman–Crippen MR) is 59.6 cm³/mol. The van der Waals surface area contributed by atoms with E-state index in [0.29, 0.717) is 5.41 Å². The Morgan fingerprint density at radius 1 is 0.769 bits per heavy atom. The van der Waals surface area contributed by atoms with Crippen LogP contribution in [0.1, 0.15) is 48.5 Å². The maximum absolute atomic E-state index is 2.40. The van der Waals surface area contributed by atoms with Crippen LogP contribution in [-0.4, -0.2) is 0 Å². The molecular weight excluding hydrogens is 156 g/mol. The molecule has 0 aromatic rings. The van der Waals surface area contributed by atoms with Gasteiger partial charge in [-0.15, -0.1) is 0 Å². The van der Waals surface area contributed by atoms with Crippen LogP contribution in [0.25, 0.3) is 0 Å². The Morgan fingerprint density at radius 3 is 1.15 bits per heavy atom. The van der Waals surface area contributed by atoms with Gasteiger partial charge < -0.3 is 0 Å². The molecule has 1 fully saturated rings. The lowest BCUT2D eigenvalue weighted by Crippen LogP contribution is -2.12. The van der Waals surface area contributed by atoms with Crippen molar-refractivity contribution in [3.8, 4) is 0 Å². The summed E-state index contributed by atoms with van der Waals surface area (Å²) < 4.78 is 0. The van der Waals surface area contributed by atoms with Crippen molar-refractivity contribution in [3.63, 3.8) is 0 Å². The van der Waals surface area contributed by atoms with Gasteiger partial charge >= 0.3 is 0 Å². The molecule has 1 saturated carbocycles. The fourth-order valence-electron chi connectivity index (χ4n) is 3.23. The van der Waals surface area contributed by atoms with Crippen LogP contribution in [0, 0.1) is 35.0 Å². The highest BCUT2D eigenvalue weighted by Gasteiger charge is 2.57. The monoisotopic (exact) mass is 182 g/mol. The van der Waals surface area contributed by atoms with Gasteiger partial charge in [-0.05, 0) is 35.0 Å². The van der Waals surface area contributed by atoms with Gasteiger partial charge in [0.1, 0.15) is 0 Å². The summed E-state index contributed by atoms with van der Waals surface area (Å²) in [6.45, 7) is 16.7. The molecular formula is C13H26. The Hall–Kier alpha value is 0. The topological polar surface area (TPSA) is 0 Å². The van der Waals surface area contributed by atoms with Crippen LogP contribution in [0.3, 0.4) is 0 Å². The summed E-state index contributed by atoms with van der Waals surface area (Å²) >= 11 is 0. The highest BCUT2D eigenvalue weighted by molar-refractivity contribution is 5.04. The molecule has 78 valence electrons. The summed E-state index contributed by atoms with van der Waals surface area (Å²) in [6.07, 6.45) is 0. The van der Waals surface area contributed by atoms with Gasteiger partial charge in [0, 0.05) is 0 Å². The Bertz CT molecular complexity index is 157. The van der Waals surface area contributed by atoms with Crippen LogP contribution >= 0.6 is 0 Å². The lowest BCUT2D eigenvalue weighted by atomic mass is 9.85. The Kier molecular flexibility index (Phi) is 2.81. The highest BCUT2D eigenvalue weighted by Crippen LogP contribution is 2.62. The smallest absolute Gasteiger partial charge is 0.0298 e. The zero-order chi connectivity index (χ0) is 10.4. The van der Waals surface area contributed by atoms with Crippen molar-refractivity contribution in [2.45, 2.75) is 48.5 Å². The minimum Gasteiger partial charge on any atom is -0.0625 e. The maximum atomic E-state index is 2.40. The molecule has 0 saturated heterocycles. The first-order valence-electron chi connectivity index (χ1n) is 5.76. The highest BCUT2D eigenvalue weighted by atomic mass is 14.6. The van der Waals surface area contributed by atoms with Crippen molar-refractivity contribution in [1.82, 2.24) is 0 Å². The van der Waals surface area contributed by atoms with E-state index in [1.807, 2.05) is 0 Å². The quantitative estimate of drug-likeness (QED) is 0.600. The van der Waals surface area contributed by atoms with Crippen molar-refractivity contribution in [3.05, 3.63) is 0 Å². The first kappa shape index (κ1) is 11.1. The Labute approximate surface area is 84.1 Å². The van der Waals surface area contributed by atoms with E-state index in [2.05, 4.69) is 48.5 Å². The van der Waals surface area contributed by atoms with E-state index in [9.17, 15) is 0 Å². The molecule has 2 atom stereocenters. The predicted octanol–water partition coefficient (Wildman–Crippen LogP) is 4.21. The largest absolute Gasteiger partial charge is 0.0625 e. The number of hydrogen-bond acceptors (Lipinski definition) is 0. The molecule has 1 aliphatic carbocycles. The molecule has 0 nitrogen and oxygen atoms in total. The summed E-state index contributed by atoms with van der Waals surface area (Å²) in [5.74, 6) is 4.68. The van der Waals surface area contributed by atoms with Crippen LogP contribution in [0.5, 0.6) is 0 Å². The molecule has 0 amide bonds. The van der Waals surface area contributed by atoms with Gasteiger partial charge in [0.25, 0.3) is 0 Å². The lowest BCUT2D eigenvalue weighted by molar-refractivity contribution is 0.295. The zero-order valence-corrected chi connectivity index (χ0v) is 10.4. The van der Waals surface area contributed by atoms with Gasteiger partial charge in [0.15, 0.2) is 0 Å². The van der Waals surface area contributed by atoms with E-state index in [0.717, 1.165) is 29.6 Å². The first-order valence-corrected chi connectivity index (χ1v) is 5.76. The number of rotatable bonds is 2. The molecule has 0 radical (unpaired) electrons. The third kappa shape index (κ3) is 2.08. The second-order valence-corrected chi connectivity index (χ2v) is 6.53. The van der Waals surface area contributed by atoms with Crippen molar-refractivity contribution >= 4 is 0 Å². The van der Waals surface area contributed by atoms with Crippen molar-refractivity contribution < 1.29 is 0 Å². The summed E-state index contributed by atoms with van der Waals surface area (Å²) in [4.78, 5) is 0. The third-order valence-corrected chi connectivity index (χ3v) is 3.67. The van der Waals surface area contributed by atoms with Gasteiger partial charge in [0.2, 0.25) is 0 Å². The molecule has 0 N–H and O–H groups in total. The van der Waals surface area contributed by atoms with Crippen LogP contribution in [-0.2, 0) is 0 Å². The number of hydrogen-bond donors (Lipinski definition) is 0. The van der Waals surface area contributed by atoms with E-state index < -0.39 is 0 Å². The molecule has 0 heterocycles. The minimum atomic E-state index is 0.518. The fraction of sp³-hybridized carbons (Fsp3) is 1.00. The fourth-order valence-corrected chi connectivity index (χ4v) is 3.23. The lowest BCUT2D eigenvalue weighted by Gasteiger charge is -2.20. The molecule has 2 unspecified atom stereocenters. The summed E-state index contributed by atoms with van der Waals surface area (Å²) in [6, 6.07) is 0. The van der Waals surface area contributed by atoms with Crippen molar-refractivity contribution in [1.29, 1.82) is 0 Å². The van der Waals surface area contributed by atoms with Gasteiger partial charge in [-0.1, -0.05) is 48.5 Å². The molecule has 13 heavy (non-hydrogen) atoms. The molecule has 0 bridgehead atoms. The zero-order valence-electron chi connectivity index (χ0n) is 10.4. The molecule has 0 aromatic carbocycles. The molecule has 0 spiro atoms. The van der Waals surface area contributed by atoms with Crippen LogP contribution < -0.4 is 0 Å². The Morgan fingerprint density at radius 2 is 1.08 bits per heavy atom. The summed E-state index contributed by atoms with van der Waals surface area (Å²) in [5.41, 5.74) is 0.518. The van der Waals surface area contributed by atoms with E-state index in [1.54, 1.807) is 0 Å². The van der Waals surface area contributed by atoms with Gasteiger partial charge in [-0.2, -0.15) is 0 Å². The van der Waals surface area contributed by atoms with Gasteiger partial charge in [-0.25, -0.2) is 0 Å². The van der Waals surface area contributed by atoms with E-state index >= 15 is 0 Å². The second kappa shape index (κ2) is 3.29. The van der Waals surface area contributed by atoms with Crippen LogP contribution in [0.15, 0.2) is 0 Å². The minimum absolute atomic E-state index is 0.518. The summed E-state index contributed by atoms with van der Waals surface area (Å²) in [5, 5.41) is 0. The van der Waals surface area contributed by atoms with Gasteiger partial charge in [0.05, 0.1) is 0 Å². The normalized spacial score (nSPS) is 34.4. The first-order chi connectivity index (χ1) is 5.76. The average molecular weight is 182 g/mol. The third-order valence-electron chi connectivity index (χ3n) is 3.67. The van der Waals surface area contributed by atoms with E-state index in [1.165, 1.54) is 0 Å². The summed E-state index contributed by atoms with van der Waals surface area (Å²) in [7, 11) is 0. The molecule has 0 aromatic heterocycles. The standard InChI is InChI=1S/C13H26/c1-8(2)10-11(9(3)4)12(10)13(5,6)7/h8-12H,1-7H3.